The quantitative estimate of drug-likeness (QED) is 0.875. The number of nitrogens with one attached hydrogen (secondary N) is 1. The van der Waals surface area contributed by atoms with Crippen LogP contribution in [0.3, 0.4) is 0 Å². The zero-order valence-corrected chi connectivity index (χ0v) is 14.3. The molecule has 0 aliphatic carbocycles. The molecule has 0 spiro atoms. The Morgan fingerprint density at radius 2 is 1.96 bits per heavy atom. The number of halogens is 2. The molecule has 8 heteroatoms. The van der Waals surface area contributed by atoms with Crippen LogP contribution in [0.2, 0.25) is 5.02 Å². The lowest BCUT2D eigenvalue weighted by Crippen LogP contribution is -2.27. The van der Waals surface area contributed by atoms with Crippen LogP contribution in [0.5, 0.6) is 0 Å². The Kier molecular flexibility index (Phi) is 3.97. The largest absolute Gasteiger partial charge is 0.320 e. The first kappa shape index (κ1) is 16.1. The van der Waals surface area contributed by atoms with E-state index in [9.17, 15) is 14.0 Å². The molecule has 0 radical (unpaired) electrons. The molecule has 2 aromatic carbocycles. The monoisotopic (exact) mass is 375 g/mol. The molecule has 1 N–H and O–H groups in total. The van der Waals surface area contributed by atoms with E-state index in [0.29, 0.717) is 16.3 Å². The van der Waals surface area contributed by atoms with E-state index in [0.717, 1.165) is 5.56 Å². The van der Waals surface area contributed by atoms with Crippen molar-refractivity contribution in [2.75, 3.05) is 11.1 Å². The highest BCUT2D eigenvalue weighted by Crippen LogP contribution is 2.39. The van der Waals surface area contributed by atoms with E-state index >= 15 is 0 Å². The highest BCUT2D eigenvalue weighted by atomic mass is 35.5. The van der Waals surface area contributed by atoms with Gasteiger partial charge in [0.15, 0.2) is 5.71 Å². The summed E-state index contributed by atoms with van der Waals surface area (Å²) in [6, 6.07) is 10.9. The molecule has 126 valence electrons. The van der Waals surface area contributed by atoms with Gasteiger partial charge in [0, 0.05) is 10.6 Å². The summed E-state index contributed by atoms with van der Waals surface area (Å²) in [5.41, 5.74) is 2.04. The molecule has 25 heavy (non-hydrogen) atoms. The zero-order valence-electron chi connectivity index (χ0n) is 12.7. The van der Waals surface area contributed by atoms with E-state index < -0.39 is 5.37 Å². The number of carbonyl (C=O) groups excluding carboxylic acids is 2. The maximum Gasteiger partial charge on any atom is 0.276 e. The normalized spacial score (nSPS) is 21.0. The second kappa shape index (κ2) is 6.16. The first-order chi connectivity index (χ1) is 12.0. The molecule has 1 saturated heterocycles. The van der Waals surface area contributed by atoms with Gasteiger partial charge in [-0.3, -0.25) is 9.59 Å². The van der Waals surface area contributed by atoms with E-state index in [1.807, 2.05) is 0 Å². The molecule has 2 aromatic rings. The Morgan fingerprint density at radius 1 is 1.20 bits per heavy atom. The Hall–Kier alpha value is -2.38. The van der Waals surface area contributed by atoms with Crippen molar-refractivity contribution in [3.05, 3.63) is 64.4 Å². The van der Waals surface area contributed by atoms with Gasteiger partial charge in [-0.25, -0.2) is 9.40 Å². The van der Waals surface area contributed by atoms with E-state index in [-0.39, 0.29) is 29.1 Å². The third kappa shape index (κ3) is 2.89. The predicted octanol–water partition coefficient (Wildman–Crippen LogP) is 3.41. The number of hydrogen-bond acceptors (Lipinski definition) is 4. The fourth-order valence-electron chi connectivity index (χ4n) is 2.72. The Morgan fingerprint density at radius 3 is 2.72 bits per heavy atom. The van der Waals surface area contributed by atoms with Crippen LogP contribution in [-0.4, -0.2) is 28.3 Å². The Bertz CT molecular complexity index is 917. The molecule has 2 amide bonds. The summed E-state index contributed by atoms with van der Waals surface area (Å²) < 4.78 is 13.1. The lowest BCUT2D eigenvalue weighted by Gasteiger charge is -2.19. The van der Waals surface area contributed by atoms with Gasteiger partial charge in [-0.15, -0.1) is 11.8 Å². The smallest absolute Gasteiger partial charge is 0.276 e. The Balaban J connectivity index is 1.74. The first-order valence-corrected chi connectivity index (χ1v) is 8.84. The number of carbonyl (C=O) groups is 2. The van der Waals surface area contributed by atoms with E-state index in [2.05, 4.69) is 10.4 Å². The van der Waals surface area contributed by atoms with Gasteiger partial charge in [0.25, 0.3) is 11.8 Å². The molecule has 0 aromatic heterocycles. The minimum absolute atomic E-state index is 0.139. The SMILES string of the molecule is O=C1Nc2ccc(Cl)cc2C1=NN1C(=O)CSC1c1ccc(F)cc1. The number of thioether (sulfide) groups is 1. The summed E-state index contributed by atoms with van der Waals surface area (Å²) in [5.74, 6) is -0.715. The summed E-state index contributed by atoms with van der Waals surface area (Å²) in [6.07, 6.45) is 0. The summed E-state index contributed by atoms with van der Waals surface area (Å²) in [5, 5.41) is 8.36. The maximum atomic E-state index is 13.1. The Labute approximate surface area is 151 Å². The van der Waals surface area contributed by atoms with Crippen LogP contribution in [-0.2, 0) is 9.59 Å². The third-order valence-electron chi connectivity index (χ3n) is 3.91. The van der Waals surface area contributed by atoms with Gasteiger partial charge in [-0.2, -0.15) is 5.10 Å². The number of hydrogen-bond donors (Lipinski definition) is 1. The van der Waals surface area contributed by atoms with Crippen molar-refractivity contribution >= 4 is 46.6 Å². The number of rotatable bonds is 2. The van der Waals surface area contributed by atoms with Gasteiger partial charge in [-0.05, 0) is 35.9 Å². The lowest BCUT2D eigenvalue weighted by atomic mass is 10.1. The van der Waals surface area contributed by atoms with Gasteiger partial charge in [0.2, 0.25) is 0 Å². The van der Waals surface area contributed by atoms with Crippen LogP contribution in [0.4, 0.5) is 10.1 Å². The molecule has 1 atom stereocenters. The van der Waals surface area contributed by atoms with Gasteiger partial charge >= 0.3 is 0 Å². The molecule has 4 rings (SSSR count). The number of hydrazone groups is 1. The number of amides is 2. The average Bonchev–Trinajstić information content (AvgIpc) is 3.10. The summed E-state index contributed by atoms with van der Waals surface area (Å²) >= 11 is 7.38. The van der Waals surface area contributed by atoms with E-state index in [4.69, 9.17) is 11.6 Å². The molecule has 1 fully saturated rings. The first-order valence-electron chi connectivity index (χ1n) is 7.42. The summed E-state index contributed by atoms with van der Waals surface area (Å²) in [6.45, 7) is 0. The van der Waals surface area contributed by atoms with Crippen molar-refractivity contribution in [1.29, 1.82) is 0 Å². The molecular formula is C17H11ClFN3O2S. The predicted molar refractivity (Wildman–Crippen MR) is 95.1 cm³/mol. The minimum Gasteiger partial charge on any atom is -0.320 e. The van der Waals surface area contributed by atoms with Gasteiger partial charge in [0.05, 0.1) is 11.4 Å². The van der Waals surface area contributed by atoms with Crippen LogP contribution in [0, 0.1) is 5.82 Å². The third-order valence-corrected chi connectivity index (χ3v) is 5.34. The van der Waals surface area contributed by atoms with Crippen LogP contribution in [0.25, 0.3) is 0 Å². The van der Waals surface area contributed by atoms with Crippen molar-refractivity contribution in [3.8, 4) is 0 Å². The topological polar surface area (TPSA) is 61.8 Å². The van der Waals surface area contributed by atoms with Crippen molar-refractivity contribution < 1.29 is 14.0 Å². The number of nitrogens with zero attached hydrogens (tertiary/aromatic N) is 2. The van der Waals surface area contributed by atoms with Gasteiger partial charge in [0.1, 0.15) is 11.2 Å². The molecule has 0 bridgehead atoms. The number of fused-ring (bicyclic) bond motifs is 1. The molecule has 0 saturated carbocycles. The van der Waals surface area contributed by atoms with Crippen molar-refractivity contribution in [1.82, 2.24) is 5.01 Å². The second-order valence-electron chi connectivity index (χ2n) is 5.55. The lowest BCUT2D eigenvalue weighted by molar-refractivity contribution is -0.128. The zero-order chi connectivity index (χ0) is 17.6. The van der Waals surface area contributed by atoms with Crippen molar-refractivity contribution in [3.63, 3.8) is 0 Å². The van der Waals surface area contributed by atoms with Crippen LogP contribution in [0.1, 0.15) is 16.5 Å². The standard InChI is InChI=1S/C17H11ClFN3O2S/c18-10-3-6-13-12(7-10)15(16(24)20-13)21-22-14(23)8-25-17(22)9-1-4-11(19)5-2-9/h1-7,17H,8H2,(H,20,21,24). The summed E-state index contributed by atoms with van der Waals surface area (Å²) in [7, 11) is 0. The van der Waals surface area contributed by atoms with Crippen molar-refractivity contribution in [2.24, 2.45) is 5.10 Å². The fraction of sp³-hybridized carbons (Fsp3) is 0.118. The van der Waals surface area contributed by atoms with Gasteiger partial charge in [-0.1, -0.05) is 23.7 Å². The molecule has 2 heterocycles. The second-order valence-corrected chi connectivity index (χ2v) is 7.05. The van der Waals surface area contributed by atoms with Gasteiger partial charge < -0.3 is 5.32 Å². The summed E-state index contributed by atoms with van der Waals surface area (Å²) in [4.78, 5) is 24.5. The van der Waals surface area contributed by atoms with Crippen molar-refractivity contribution in [2.45, 2.75) is 5.37 Å². The molecule has 2 aliphatic rings. The average molecular weight is 376 g/mol. The maximum absolute atomic E-state index is 13.1. The van der Waals surface area contributed by atoms with Crippen LogP contribution < -0.4 is 5.32 Å². The molecule has 2 aliphatic heterocycles. The fourth-order valence-corrected chi connectivity index (χ4v) is 3.98. The van der Waals surface area contributed by atoms with E-state index in [1.54, 1.807) is 30.3 Å². The molecule has 1 unspecified atom stereocenters. The number of benzene rings is 2. The highest BCUT2D eigenvalue weighted by molar-refractivity contribution is 8.00. The highest BCUT2D eigenvalue weighted by Gasteiger charge is 2.36. The molecular weight excluding hydrogens is 365 g/mol. The van der Waals surface area contributed by atoms with Crippen LogP contribution in [0.15, 0.2) is 47.6 Å². The van der Waals surface area contributed by atoms with E-state index in [1.165, 1.54) is 28.9 Å². The number of anilines is 1. The van der Waals surface area contributed by atoms with Crippen LogP contribution >= 0.6 is 23.4 Å². The minimum atomic E-state index is -0.406. The molecule has 5 nitrogen and oxygen atoms in total.